The Morgan fingerprint density at radius 3 is 1.81 bits per heavy atom. The smallest absolute Gasteiger partial charge is 0.254 e. The summed E-state index contributed by atoms with van der Waals surface area (Å²) >= 11 is 0. The molecule has 0 aliphatic heterocycles. The van der Waals surface area contributed by atoms with Crippen LogP contribution >= 0.6 is 0 Å². The predicted molar refractivity (Wildman–Crippen MR) is 84.2 cm³/mol. The monoisotopic (exact) mass is 286 g/mol. The summed E-state index contributed by atoms with van der Waals surface area (Å²) < 4.78 is 0. The van der Waals surface area contributed by atoms with Gasteiger partial charge in [-0.05, 0) is 37.8 Å². The van der Waals surface area contributed by atoms with Crippen molar-refractivity contribution in [1.29, 1.82) is 0 Å². The van der Waals surface area contributed by atoms with Gasteiger partial charge >= 0.3 is 0 Å². The van der Waals surface area contributed by atoms with Crippen LogP contribution in [0.1, 0.15) is 74.6 Å². The fourth-order valence-corrected chi connectivity index (χ4v) is 3.99. The Morgan fingerprint density at radius 2 is 1.33 bits per heavy atom. The zero-order valence-corrected chi connectivity index (χ0v) is 12.8. The second-order valence-corrected chi connectivity index (χ2v) is 6.53. The van der Waals surface area contributed by atoms with Gasteiger partial charge in [0, 0.05) is 30.0 Å². The van der Waals surface area contributed by atoms with Crippen LogP contribution in [0.3, 0.4) is 0 Å². The minimum atomic E-state index is 0.233. The summed E-state index contributed by atoms with van der Waals surface area (Å²) in [6.45, 7) is 0. The first-order chi connectivity index (χ1) is 10.4. The fraction of sp³-hybridized carbons (Fsp3) is 0.667. The molecule has 2 aliphatic rings. The molecular weight excluding hydrogens is 260 g/mol. The van der Waals surface area contributed by atoms with Crippen molar-refractivity contribution < 1.29 is 4.79 Å². The molecule has 2 aliphatic carbocycles. The first-order valence-corrected chi connectivity index (χ1v) is 8.59. The maximum absolute atomic E-state index is 13.0. The van der Waals surface area contributed by atoms with Gasteiger partial charge in [-0.25, -0.2) is 0 Å². The number of rotatable bonds is 3. The highest BCUT2D eigenvalue weighted by Crippen LogP contribution is 2.31. The van der Waals surface area contributed by atoms with E-state index in [4.69, 9.17) is 0 Å². The Kier molecular flexibility index (Phi) is 4.89. The number of hydrogen-bond donors (Lipinski definition) is 0. The second-order valence-electron chi connectivity index (χ2n) is 6.53. The lowest BCUT2D eigenvalue weighted by Gasteiger charge is -2.41. The van der Waals surface area contributed by atoms with Gasteiger partial charge in [0.1, 0.15) is 0 Å². The summed E-state index contributed by atoms with van der Waals surface area (Å²) in [7, 11) is 0. The summed E-state index contributed by atoms with van der Waals surface area (Å²) in [6.07, 6.45) is 16.0. The third-order valence-electron chi connectivity index (χ3n) is 5.10. The molecule has 0 N–H and O–H groups in total. The highest BCUT2D eigenvalue weighted by Gasteiger charge is 2.32. The summed E-state index contributed by atoms with van der Waals surface area (Å²) in [5.41, 5.74) is 0.807. The molecular formula is C18H26N2O. The first kappa shape index (κ1) is 14.6. The zero-order chi connectivity index (χ0) is 14.5. The Morgan fingerprint density at radius 1 is 0.857 bits per heavy atom. The molecule has 3 heteroatoms. The van der Waals surface area contributed by atoms with Crippen molar-refractivity contribution in [2.45, 2.75) is 76.3 Å². The molecule has 3 rings (SSSR count). The van der Waals surface area contributed by atoms with Crippen molar-refractivity contribution in [3.8, 4) is 0 Å². The van der Waals surface area contributed by atoms with E-state index in [1.807, 2.05) is 12.1 Å². The van der Waals surface area contributed by atoms with Crippen molar-refractivity contribution in [3.05, 3.63) is 30.1 Å². The minimum absolute atomic E-state index is 0.233. The molecule has 0 unspecified atom stereocenters. The molecule has 0 saturated heterocycles. The Bertz CT molecular complexity index is 430. The van der Waals surface area contributed by atoms with Crippen molar-refractivity contribution in [2.24, 2.45) is 0 Å². The molecule has 0 aromatic carbocycles. The van der Waals surface area contributed by atoms with Crippen LogP contribution in [0.4, 0.5) is 0 Å². The summed E-state index contributed by atoms with van der Waals surface area (Å²) in [6, 6.07) is 4.65. The van der Waals surface area contributed by atoms with Gasteiger partial charge in [-0.15, -0.1) is 0 Å². The van der Waals surface area contributed by atoms with Crippen LogP contribution in [0.25, 0.3) is 0 Å². The van der Waals surface area contributed by atoms with E-state index < -0.39 is 0 Å². The molecule has 0 bridgehead atoms. The van der Waals surface area contributed by atoms with E-state index in [2.05, 4.69) is 9.88 Å². The third kappa shape index (κ3) is 3.45. The van der Waals surface area contributed by atoms with Crippen LogP contribution in [0.5, 0.6) is 0 Å². The van der Waals surface area contributed by atoms with Gasteiger partial charge in [0.05, 0.1) is 0 Å². The number of aromatic nitrogens is 1. The molecule has 1 heterocycles. The maximum Gasteiger partial charge on any atom is 0.254 e. The minimum Gasteiger partial charge on any atom is -0.333 e. The molecule has 1 aromatic rings. The molecule has 2 saturated carbocycles. The molecule has 0 radical (unpaired) electrons. The van der Waals surface area contributed by atoms with Crippen molar-refractivity contribution in [3.63, 3.8) is 0 Å². The second kappa shape index (κ2) is 7.06. The molecule has 21 heavy (non-hydrogen) atoms. The molecule has 0 atom stereocenters. The predicted octanol–water partition coefficient (Wildman–Crippen LogP) is 4.19. The Hall–Kier alpha value is -1.38. The number of hydrogen-bond acceptors (Lipinski definition) is 2. The average Bonchev–Trinajstić information content (AvgIpc) is 2.58. The van der Waals surface area contributed by atoms with E-state index in [1.54, 1.807) is 12.4 Å². The van der Waals surface area contributed by atoms with E-state index in [1.165, 1.54) is 64.2 Å². The lowest BCUT2D eigenvalue weighted by molar-refractivity contribution is 0.0448. The zero-order valence-electron chi connectivity index (χ0n) is 12.8. The summed E-state index contributed by atoms with van der Waals surface area (Å²) in [5.74, 6) is 0.233. The molecule has 2 fully saturated rings. The molecule has 1 aromatic heterocycles. The third-order valence-corrected chi connectivity index (χ3v) is 5.10. The highest BCUT2D eigenvalue weighted by atomic mass is 16.2. The van der Waals surface area contributed by atoms with Gasteiger partial charge in [-0.3, -0.25) is 9.78 Å². The van der Waals surface area contributed by atoms with Gasteiger partial charge in [0.25, 0.3) is 5.91 Å². The summed E-state index contributed by atoms with van der Waals surface area (Å²) in [5, 5.41) is 0. The Balaban J connectivity index is 1.81. The normalized spacial score (nSPS) is 21.1. The number of carbonyl (C=O) groups is 1. The quantitative estimate of drug-likeness (QED) is 0.834. The van der Waals surface area contributed by atoms with Crippen LogP contribution in [0.15, 0.2) is 24.5 Å². The van der Waals surface area contributed by atoms with Crippen LogP contribution in [0.2, 0.25) is 0 Å². The van der Waals surface area contributed by atoms with Gasteiger partial charge in [0.2, 0.25) is 0 Å². The highest BCUT2D eigenvalue weighted by molar-refractivity contribution is 5.94. The number of carbonyl (C=O) groups excluding carboxylic acids is 1. The van der Waals surface area contributed by atoms with Gasteiger partial charge < -0.3 is 4.90 Å². The standard InChI is InChI=1S/C18H26N2O/c21-18(15-11-13-19-14-12-15)20(16-7-3-1-4-8-16)17-9-5-2-6-10-17/h11-14,16-17H,1-10H2. The topological polar surface area (TPSA) is 33.2 Å². The fourth-order valence-electron chi connectivity index (χ4n) is 3.99. The SMILES string of the molecule is O=C(c1ccncc1)N(C1CCCCC1)C1CCCCC1. The average molecular weight is 286 g/mol. The van der Waals surface area contributed by atoms with Gasteiger partial charge in [-0.1, -0.05) is 38.5 Å². The van der Waals surface area contributed by atoms with E-state index in [9.17, 15) is 4.79 Å². The lowest BCUT2D eigenvalue weighted by Crippen LogP contribution is -2.48. The largest absolute Gasteiger partial charge is 0.333 e. The van der Waals surface area contributed by atoms with Crippen molar-refractivity contribution in [2.75, 3.05) is 0 Å². The first-order valence-electron chi connectivity index (χ1n) is 8.59. The number of nitrogens with zero attached hydrogens (tertiary/aromatic N) is 2. The number of pyridine rings is 1. The van der Waals surface area contributed by atoms with E-state index in [0.29, 0.717) is 12.1 Å². The van der Waals surface area contributed by atoms with E-state index >= 15 is 0 Å². The summed E-state index contributed by atoms with van der Waals surface area (Å²) in [4.78, 5) is 19.3. The van der Waals surface area contributed by atoms with Crippen molar-refractivity contribution in [1.82, 2.24) is 9.88 Å². The van der Waals surface area contributed by atoms with Crippen LogP contribution in [-0.4, -0.2) is 27.9 Å². The van der Waals surface area contributed by atoms with E-state index in [0.717, 1.165) is 5.56 Å². The van der Waals surface area contributed by atoms with Crippen LogP contribution < -0.4 is 0 Å². The van der Waals surface area contributed by atoms with Crippen LogP contribution in [0, 0.1) is 0 Å². The van der Waals surface area contributed by atoms with Gasteiger partial charge in [0.15, 0.2) is 0 Å². The molecule has 3 nitrogen and oxygen atoms in total. The van der Waals surface area contributed by atoms with Crippen LogP contribution in [-0.2, 0) is 0 Å². The molecule has 114 valence electrons. The molecule has 0 spiro atoms. The molecule has 1 amide bonds. The Labute approximate surface area is 127 Å². The van der Waals surface area contributed by atoms with Crippen molar-refractivity contribution >= 4 is 5.91 Å². The lowest BCUT2D eigenvalue weighted by atomic mass is 9.88. The van der Waals surface area contributed by atoms with Gasteiger partial charge in [-0.2, -0.15) is 0 Å². The number of amides is 1. The maximum atomic E-state index is 13.0. The van der Waals surface area contributed by atoms with E-state index in [-0.39, 0.29) is 5.91 Å².